The molecule has 2 aromatic rings. The maximum atomic E-state index is 12.5. The summed E-state index contributed by atoms with van der Waals surface area (Å²) in [6.45, 7) is 3.53. The van der Waals surface area contributed by atoms with Crippen molar-refractivity contribution in [3.8, 4) is 0 Å². The number of ketones is 1. The van der Waals surface area contributed by atoms with Crippen LogP contribution in [0.2, 0.25) is 0 Å². The zero-order valence-corrected chi connectivity index (χ0v) is 14.4. The molecule has 0 aromatic heterocycles. The fourth-order valence-corrected chi connectivity index (χ4v) is 3.93. The topological polar surface area (TPSA) is 46.2 Å². The van der Waals surface area contributed by atoms with E-state index in [0.29, 0.717) is 5.56 Å². The molecule has 1 amide bonds. The minimum Gasteiger partial charge on any atom is -0.324 e. The van der Waals surface area contributed by atoms with Crippen molar-refractivity contribution in [1.82, 2.24) is 0 Å². The van der Waals surface area contributed by atoms with E-state index >= 15 is 0 Å². The Morgan fingerprint density at radius 2 is 1.91 bits per heavy atom. The first kappa shape index (κ1) is 16.1. The van der Waals surface area contributed by atoms with Crippen LogP contribution in [0.1, 0.15) is 29.8 Å². The average Bonchev–Trinajstić information content (AvgIpc) is 2.78. The molecule has 2 atom stereocenters. The van der Waals surface area contributed by atoms with Crippen LogP contribution in [0.15, 0.2) is 53.4 Å². The number of hydrogen-bond donors (Lipinski definition) is 1. The number of anilines is 1. The molecule has 0 aliphatic carbocycles. The van der Waals surface area contributed by atoms with Crippen LogP contribution in [-0.4, -0.2) is 17.1 Å². The van der Waals surface area contributed by atoms with E-state index in [0.717, 1.165) is 16.1 Å². The van der Waals surface area contributed by atoms with E-state index in [4.69, 9.17) is 11.6 Å². The van der Waals surface area contributed by atoms with E-state index < -0.39 is 10.1 Å². The normalized spacial score (nSPS) is 20.7. The number of halogens is 1. The Bertz CT molecular complexity index is 776. The predicted octanol–water partition coefficient (Wildman–Crippen LogP) is 4.46. The van der Waals surface area contributed by atoms with Crippen molar-refractivity contribution in [2.75, 3.05) is 5.32 Å². The Balaban J connectivity index is 2.03. The van der Waals surface area contributed by atoms with Gasteiger partial charge in [0.15, 0.2) is 5.78 Å². The van der Waals surface area contributed by atoms with E-state index in [9.17, 15) is 9.59 Å². The molecule has 0 saturated heterocycles. The molecule has 2 aromatic carbocycles. The summed E-state index contributed by atoms with van der Waals surface area (Å²) < 4.78 is -0.775. The van der Waals surface area contributed by atoms with Crippen molar-refractivity contribution in [3.63, 3.8) is 0 Å². The van der Waals surface area contributed by atoms with Crippen molar-refractivity contribution in [2.45, 2.75) is 28.9 Å². The molecule has 2 unspecified atom stereocenters. The standard InChI is InChI=1S/C18H16ClNO2S/c1-11(19)16(21)12-8-9-15-14(10-12)18(2,17(22)20-15)23-13-6-4-3-5-7-13/h3-11H,1-2H3,(H,20,22). The molecule has 3 rings (SSSR count). The molecular weight excluding hydrogens is 330 g/mol. The Labute approximate surface area is 144 Å². The molecule has 3 nitrogen and oxygen atoms in total. The highest BCUT2D eigenvalue weighted by atomic mass is 35.5. The molecular formula is C18H16ClNO2S. The van der Waals surface area contributed by atoms with Gasteiger partial charge in [0.05, 0.1) is 5.38 Å². The van der Waals surface area contributed by atoms with Gasteiger partial charge in [0, 0.05) is 21.7 Å². The van der Waals surface area contributed by atoms with Gasteiger partial charge in [0.1, 0.15) is 4.75 Å². The van der Waals surface area contributed by atoms with Crippen LogP contribution in [0.25, 0.3) is 0 Å². The van der Waals surface area contributed by atoms with Crippen LogP contribution in [0, 0.1) is 0 Å². The monoisotopic (exact) mass is 345 g/mol. The number of fused-ring (bicyclic) bond motifs is 1. The summed E-state index contributed by atoms with van der Waals surface area (Å²) >= 11 is 7.38. The van der Waals surface area contributed by atoms with Gasteiger partial charge in [0.25, 0.3) is 0 Å². The van der Waals surface area contributed by atoms with Crippen LogP contribution in [0.4, 0.5) is 5.69 Å². The number of amides is 1. The molecule has 0 saturated carbocycles. The number of thioether (sulfide) groups is 1. The molecule has 1 heterocycles. The highest BCUT2D eigenvalue weighted by Gasteiger charge is 2.44. The third-order valence-corrected chi connectivity index (χ3v) is 5.45. The Hall–Kier alpha value is -1.78. The van der Waals surface area contributed by atoms with Gasteiger partial charge in [-0.25, -0.2) is 0 Å². The van der Waals surface area contributed by atoms with Gasteiger partial charge in [-0.2, -0.15) is 0 Å². The SMILES string of the molecule is CC(Cl)C(=O)c1ccc2c(c1)C(C)(Sc1ccccc1)C(=O)N2. The van der Waals surface area contributed by atoms with E-state index in [1.54, 1.807) is 25.1 Å². The molecule has 118 valence electrons. The number of Topliss-reactive ketones (excluding diaryl/α,β-unsaturated/α-hetero) is 1. The lowest BCUT2D eigenvalue weighted by atomic mass is 9.97. The zero-order valence-electron chi connectivity index (χ0n) is 12.8. The number of benzene rings is 2. The molecule has 1 N–H and O–H groups in total. The Morgan fingerprint density at radius 1 is 1.22 bits per heavy atom. The lowest BCUT2D eigenvalue weighted by Gasteiger charge is -2.22. The lowest BCUT2D eigenvalue weighted by molar-refractivity contribution is -0.117. The summed E-state index contributed by atoms with van der Waals surface area (Å²) in [6, 6.07) is 15.0. The van der Waals surface area contributed by atoms with E-state index in [1.165, 1.54) is 11.8 Å². The highest BCUT2D eigenvalue weighted by molar-refractivity contribution is 8.01. The largest absolute Gasteiger partial charge is 0.324 e. The van der Waals surface area contributed by atoms with Crippen LogP contribution in [-0.2, 0) is 9.54 Å². The minimum atomic E-state index is -0.775. The Kier molecular flexibility index (Phi) is 4.21. The molecule has 0 radical (unpaired) electrons. The quantitative estimate of drug-likeness (QED) is 0.657. The van der Waals surface area contributed by atoms with Gasteiger partial charge >= 0.3 is 0 Å². The maximum Gasteiger partial charge on any atom is 0.245 e. The summed E-state index contributed by atoms with van der Waals surface area (Å²) in [5.74, 6) is -0.217. The summed E-state index contributed by atoms with van der Waals surface area (Å²) in [7, 11) is 0. The fourth-order valence-electron chi connectivity index (χ4n) is 2.62. The lowest BCUT2D eigenvalue weighted by Crippen LogP contribution is -2.27. The molecule has 1 aliphatic heterocycles. The smallest absolute Gasteiger partial charge is 0.245 e. The van der Waals surface area contributed by atoms with E-state index in [-0.39, 0.29) is 11.7 Å². The van der Waals surface area contributed by atoms with Gasteiger partial charge in [-0.3, -0.25) is 9.59 Å². The highest BCUT2D eigenvalue weighted by Crippen LogP contribution is 2.48. The van der Waals surface area contributed by atoms with Gasteiger partial charge < -0.3 is 5.32 Å². The molecule has 0 fully saturated rings. The van der Waals surface area contributed by atoms with Crippen molar-refractivity contribution in [2.24, 2.45) is 0 Å². The first-order chi connectivity index (χ1) is 10.9. The summed E-state index contributed by atoms with van der Waals surface area (Å²) in [6.07, 6.45) is 0. The number of hydrogen-bond acceptors (Lipinski definition) is 3. The van der Waals surface area contributed by atoms with E-state index in [1.807, 2.05) is 37.3 Å². The molecule has 0 spiro atoms. The Morgan fingerprint density at radius 3 is 2.57 bits per heavy atom. The summed E-state index contributed by atoms with van der Waals surface area (Å²) in [5, 5.41) is 2.31. The number of nitrogens with one attached hydrogen (secondary N) is 1. The third kappa shape index (κ3) is 2.89. The van der Waals surface area contributed by atoms with Gasteiger partial charge in [-0.15, -0.1) is 23.4 Å². The van der Waals surface area contributed by atoms with E-state index in [2.05, 4.69) is 5.32 Å². The minimum absolute atomic E-state index is 0.0788. The van der Waals surface area contributed by atoms with Crippen molar-refractivity contribution < 1.29 is 9.59 Å². The zero-order chi connectivity index (χ0) is 16.6. The van der Waals surface area contributed by atoms with Crippen LogP contribution >= 0.6 is 23.4 Å². The second-order valence-electron chi connectivity index (χ2n) is 5.64. The molecule has 0 bridgehead atoms. The van der Waals surface area contributed by atoms with Gasteiger partial charge in [-0.05, 0) is 44.2 Å². The predicted molar refractivity (Wildman–Crippen MR) is 94.4 cm³/mol. The first-order valence-corrected chi connectivity index (χ1v) is 8.55. The first-order valence-electron chi connectivity index (χ1n) is 7.30. The van der Waals surface area contributed by atoms with Crippen LogP contribution < -0.4 is 5.32 Å². The van der Waals surface area contributed by atoms with Crippen molar-refractivity contribution >= 4 is 40.7 Å². The van der Waals surface area contributed by atoms with Crippen molar-refractivity contribution in [1.29, 1.82) is 0 Å². The molecule has 1 aliphatic rings. The fraction of sp³-hybridized carbons (Fsp3) is 0.222. The maximum absolute atomic E-state index is 12.5. The number of carbonyl (C=O) groups is 2. The second-order valence-corrected chi connectivity index (χ2v) is 7.79. The third-order valence-electron chi connectivity index (χ3n) is 3.93. The summed E-state index contributed by atoms with van der Waals surface area (Å²) in [5.41, 5.74) is 2.10. The van der Waals surface area contributed by atoms with Crippen molar-refractivity contribution in [3.05, 3.63) is 59.7 Å². The van der Waals surface area contributed by atoms with Crippen LogP contribution in [0.3, 0.4) is 0 Å². The number of alkyl halides is 1. The molecule has 5 heteroatoms. The van der Waals surface area contributed by atoms with Crippen LogP contribution in [0.5, 0.6) is 0 Å². The molecule has 23 heavy (non-hydrogen) atoms. The second kappa shape index (κ2) is 6.02. The van der Waals surface area contributed by atoms with Gasteiger partial charge in [-0.1, -0.05) is 18.2 Å². The van der Waals surface area contributed by atoms with Gasteiger partial charge in [0.2, 0.25) is 5.91 Å². The average molecular weight is 346 g/mol. The number of carbonyl (C=O) groups excluding carboxylic acids is 2. The number of rotatable bonds is 4. The summed E-state index contributed by atoms with van der Waals surface area (Å²) in [4.78, 5) is 25.7.